The minimum Gasteiger partial charge on any atom is -0.370 e. The molecule has 0 atom stereocenters. The van der Waals surface area contributed by atoms with E-state index < -0.39 is 10.0 Å². The van der Waals surface area contributed by atoms with Gasteiger partial charge in [0.05, 0.1) is 6.54 Å². The molecule has 148 valence electrons. The van der Waals surface area contributed by atoms with E-state index in [0.717, 1.165) is 28.6 Å². The Labute approximate surface area is 163 Å². The standard InChI is InChI=1S/C16H24N6O3S2/c1-4-17-14-9-15(22-11(2)21-14)18-7-8-20-27(24,25)16-6-5-13(26-16)10-19-12(3)23/h5-6,9,20H,4,7-8,10H2,1-3H3,(H,19,23)(H2,17,18,21,22). The fraction of sp³-hybridized carbons (Fsp3) is 0.438. The number of nitrogens with one attached hydrogen (secondary N) is 4. The Morgan fingerprint density at radius 3 is 2.52 bits per heavy atom. The van der Waals surface area contributed by atoms with Crippen LogP contribution in [-0.4, -0.2) is 43.9 Å². The molecule has 2 aromatic heterocycles. The van der Waals surface area contributed by atoms with Crippen LogP contribution in [0.15, 0.2) is 22.4 Å². The first kappa shape index (κ1) is 21.1. The molecule has 4 N–H and O–H groups in total. The van der Waals surface area contributed by atoms with Gasteiger partial charge in [0.15, 0.2) is 0 Å². The summed E-state index contributed by atoms with van der Waals surface area (Å²) in [6.45, 7) is 6.85. The summed E-state index contributed by atoms with van der Waals surface area (Å²) in [4.78, 5) is 20.2. The van der Waals surface area contributed by atoms with Crippen molar-refractivity contribution in [3.63, 3.8) is 0 Å². The number of hydrogen-bond acceptors (Lipinski definition) is 8. The first-order chi connectivity index (χ1) is 12.8. The largest absolute Gasteiger partial charge is 0.370 e. The SMILES string of the molecule is CCNc1cc(NCCNS(=O)(=O)c2ccc(CNC(C)=O)s2)nc(C)n1. The smallest absolute Gasteiger partial charge is 0.250 e. The molecule has 0 bridgehead atoms. The predicted molar refractivity (Wildman–Crippen MR) is 106 cm³/mol. The van der Waals surface area contributed by atoms with Crippen molar-refractivity contribution in [2.45, 2.75) is 31.5 Å². The Hall–Kier alpha value is -2.24. The highest BCUT2D eigenvalue weighted by Gasteiger charge is 2.16. The van der Waals surface area contributed by atoms with Crippen molar-refractivity contribution >= 4 is 38.9 Å². The van der Waals surface area contributed by atoms with Crippen molar-refractivity contribution in [3.8, 4) is 0 Å². The Morgan fingerprint density at radius 1 is 1.15 bits per heavy atom. The van der Waals surface area contributed by atoms with Crippen molar-refractivity contribution in [1.29, 1.82) is 0 Å². The third-order valence-corrected chi connectivity index (χ3v) is 6.37. The molecule has 0 saturated heterocycles. The van der Waals surface area contributed by atoms with E-state index in [1.165, 1.54) is 13.0 Å². The second-order valence-electron chi connectivity index (χ2n) is 5.67. The second-order valence-corrected chi connectivity index (χ2v) is 8.83. The molecule has 0 aliphatic heterocycles. The van der Waals surface area contributed by atoms with Crippen molar-refractivity contribution in [2.24, 2.45) is 0 Å². The van der Waals surface area contributed by atoms with Gasteiger partial charge in [-0.2, -0.15) is 0 Å². The zero-order valence-corrected chi connectivity index (χ0v) is 17.1. The second kappa shape index (κ2) is 9.62. The van der Waals surface area contributed by atoms with E-state index in [1.54, 1.807) is 19.1 Å². The van der Waals surface area contributed by atoms with E-state index in [1.807, 2.05) is 6.92 Å². The topological polar surface area (TPSA) is 125 Å². The van der Waals surface area contributed by atoms with Crippen LogP contribution < -0.4 is 20.7 Å². The van der Waals surface area contributed by atoms with Gasteiger partial charge >= 0.3 is 0 Å². The number of sulfonamides is 1. The lowest BCUT2D eigenvalue weighted by Gasteiger charge is -2.10. The minimum atomic E-state index is -3.59. The number of carbonyl (C=O) groups excluding carboxylic acids is 1. The molecule has 0 aliphatic carbocycles. The lowest BCUT2D eigenvalue weighted by Crippen LogP contribution is -2.28. The minimum absolute atomic E-state index is 0.158. The number of hydrogen-bond donors (Lipinski definition) is 4. The van der Waals surface area contributed by atoms with Crippen LogP contribution in [0.1, 0.15) is 24.5 Å². The van der Waals surface area contributed by atoms with Crippen molar-refractivity contribution in [3.05, 3.63) is 28.9 Å². The molecule has 11 heteroatoms. The fourth-order valence-electron chi connectivity index (χ4n) is 2.19. The van der Waals surface area contributed by atoms with Crippen LogP contribution in [-0.2, 0) is 21.4 Å². The molecule has 0 radical (unpaired) electrons. The zero-order chi connectivity index (χ0) is 19.9. The summed E-state index contributed by atoms with van der Waals surface area (Å²) in [5.41, 5.74) is 0. The molecule has 0 fully saturated rings. The van der Waals surface area contributed by atoms with Gasteiger partial charge in [0.1, 0.15) is 21.7 Å². The Morgan fingerprint density at radius 2 is 1.85 bits per heavy atom. The van der Waals surface area contributed by atoms with Gasteiger partial charge in [-0.05, 0) is 26.0 Å². The van der Waals surface area contributed by atoms with Crippen LogP contribution in [0.4, 0.5) is 11.6 Å². The van der Waals surface area contributed by atoms with Crippen molar-refractivity contribution in [1.82, 2.24) is 20.0 Å². The summed E-state index contributed by atoms with van der Waals surface area (Å²) in [6, 6.07) is 5.01. The van der Waals surface area contributed by atoms with Crippen LogP contribution in [0.25, 0.3) is 0 Å². The fourth-order valence-corrected chi connectivity index (χ4v) is 4.56. The highest BCUT2D eigenvalue weighted by atomic mass is 32.2. The van der Waals surface area contributed by atoms with E-state index in [0.29, 0.717) is 24.7 Å². The van der Waals surface area contributed by atoms with Gasteiger partial charge in [-0.15, -0.1) is 11.3 Å². The normalized spacial score (nSPS) is 11.2. The van der Waals surface area contributed by atoms with Crippen LogP contribution in [0.3, 0.4) is 0 Å². The molecule has 0 aliphatic rings. The summed E-state index contributed by atoms with van der Waals surface area (Å²) in [5, 5.41) is 8.85. The number of carbonyl (C=O) groups is 1. The predicted octanol–water partition coefficient (Wildman–Crippen LogP) is 1.30. The first-order valence-corrected chi connectivity index (χ1v) is 10.8. The van der Waals surface area contributed by atoms with Crippen molar-refractivity contribution in [2.75, 3.05) is 30.3 Å². The van der Waals surface area contributed by atoms with Crippen LogP contribution in [0.5, 0.6) is 0 Å². The van der Waals surface area contributed by atoms with E-state index in [4.69, 9.17) is 0 Å². The van der Waals surface area contributed by atoms with Gasteiger partial charge < -0.3 is 16.0 Å². The van der Waals surface area contributed by atoms with Gasteiger partial charge in [0.2, 0.25) is 15.9 Å². The van der Waals surface area contributed by atoms with Crippen LogP contribution in [0, 0.1) is 6.92 Å². The number of thiophene rings is 1. The van der Waals surface area contributed by atoms with E-state index in [-0.39, 0.29) is 16.7 Å². The quantitative estimate of drug-likeness (QED) is 0.434. The number of aryl methyl sites for hydroxylation is 1. The molecule has 0 spiro atoms. The zero-order valence-electron chi connectivity index (χ0n) is 15.5. The lowest BCUT2D eigenvalue weighted by atomic mass is 10.4. The summed E-state index contributed by atoms with van der Waals surface area (Å²) in [5.74, 6) is 1.82. The van der Waals surface area contributed by atoms with E-state index in [9.17, 15) is 13.2 Å². The molecule has 2 aromatic rings. The van der Waals surface area contributed by atoms with Gasteiger partial charge in [-0.25, -0.2) is 23.1 Å². The Bertz CT molecular complexity index is 882. The molecule has 0 aromatic carbocycles. The maximum Gasteiger partial charge on any atom is 0.250 e. The van der Waals surface area contributed by atoms with Crippen molar-refractivity contribution < 1.29 is 13.2 Å². The Balaban J connectivity index is 1.86. The highest BCUT2D eigenvalue weighted by molar-refractivity contribution is 7.91. The summed E-state index contributed by atoms with van der Waals surface area (Å²) in [7, 11) is -3.59. The third-order valence-electron chi connectivity index (χ3n) is 3.33. The molecular weight excluding hydrogens is 388 g/mol. The molecule has 9 nitrogen and oxygen atoms in total. The van der Waals surface area contributed by atoms with Crippen LogP contribution >= 0.6 is 11.3 Å². The Kier molecular flexibility index (Phi) is 7.51. The maximum absolute atomic E-state index is 12.3. The molecule has 2 heterocycles. The third kappa shape index (κ3) is 6.77. The number of aromatic nitrogens is 2. The maximum atomic E-state index is 12.3. The number of amides is 1. The average Bonchev–Trinajstić information content (AvgIpc) is 3.07. The number of nitrogens with zero attached hydrogens (tertiary/aromatic N) is 2. The molecular formula is C16H24N6O3S2. The van der Waals surface area contributed by atoms with Gasteiger partial charge in [0, 0.05) is 37.5 Å². The van der Waals surface area contributed by atoms with Gasteiger partial charge in [-0.1, -0.05) is 0 Å². The van der Waals surface area contributed by atoms with E-state index >= 15 is 0 Å². The van der Waals surface area contributed by atoms with Crippen LogP contribution in [0.2, 0.25) is 0 Å². The monoisotopic (exact) mass is 412 g/mol. The average molecular weight is 413 g/mol. The molecule has 0 saturated carbocycles. The van der Waals surface area contributed by atoms with Gasteiger partial charge in [0.25, 0.3) is 0 Å². The van der Waals surface area contributed by atoms with Gasteiger partial charge in [-0.3, -0.25) is 4.79 Å². The molecule has 27 heavy (non-hydrogen) atoms. The molecule has 0 unspecified atom stereocenters. The summed E-state index contributed by atoms with van der Waals surface area (Å²) in [6.07, 6.45) is 0. The van der Waals surface area contributed by atoms with E-state index in [2.05, 4.69) is 30.6 Å². The summed E-state index contributed by atoms with van der Waals surface area (Å²) < 4.78 is 27.4. The highest BCUT2D eigenvalue weighted by Crippen LogP contribution is 2.21. The molecule has 2 rings (SSSR count). The molecule has 1 amide bonds. The first-order valence-electron chi connectivity index (χ1n) is 8.46. The lowest BCUT2D eigenvalue weighted by molar-refractivity contribution is -0.119. The number of rotatable bonds is 10. The summed E-state index contributed by atoms with van der Waals surface area (Å²) >= 11 is 1.13. The number of anilines is 2.